The monoisotopic (exact) mass is 314 g/mol. The third-order valence-corrected chi connectivity index (χ3v) is 5.19. The summed E-state index contributed by atoms with van der Waals surface area (Å²) in [5.41, 5.74) is 7.62. The van der Waals surface area contributed by atoms with Crippen LogP contribution >= 0.6 is 0 Å². The summed E-state index contributed by atoms with van der Waals surface area (Å²) in [5.74, 6) is 1.18. The van der Waals surface area contributed by atoms with Crippen LogP contribution in [-0.4, -0.2) is 49.1 Å². The zero-order valence-electron chi connectivity index (χ0n) is 13.1. The van der Waals surface area contributed by atoms with Crippen LogP contribution in [-0.2, 0) is 0 Å². The first-order valence-electron chi connectivity index (χ1n) is 8.34. The van der Waals surface area contributed by atoms with Crippen LogP contribution in [0.4, 0.5) is 10.5 Å². The van der Waals surface area contributed by atoms with E-state index in [1.165, 1.54) is 12.8 Å². The number of nitrogens with one attached hydrogen (secondary N) is 1. The van der Waals surface area contributed by atoms with Crippen molar-refractivity contribution in [2.75, 3.05) is 31.1 Å². The SMILES string of the molecule is N[C@H]1CN(C(=O)c2cccc(N3CCNC3=O)c2)C[C@@H]1C1CC1. The maximum Gasteiger partial charge on any atom is 0.321 e. The van der Waals surface area contributed by atoms with Crippen LogP contribution < -0.4 is 16.0 Å². The Morgan fingerprint density at radius 1 is 1.26 bits per heavy atom. The number of carbonyl (C=O) groups excluding carboxylic acids is 2. The summed E-state index contributed by atoms with van der Waals surface area (Å²) in [5, 5.41) is 2.78. The summed E-state index contributed by atoms with van der Waals surface area (Å²) < 4.78 is 0. The molecule has 1 aromatic rings. The van der Waals surface area contributed by atoms with Gasteiger partial charge in [0.15, 0.2) is 0 Å². The predicted octanol–water partition coefficient (Wildman–Crippen LogP) is 1.03. The molecule has 3 N–H and O–H groups in total. The van der Waals surface area contributed by atoms with E-state index in [9.17, 15) is 9.59 Å². The van der Waals surface area contributed by atoms with Crippen molar-refractivity contribution in [1.29, 1.82) is 0 Å². The van der Waals surface area contributed by atoms with E-state index < -0.39 is 0 Å². The summed E-state index contributed by atoms with van der Waals surface area (Å²) >= 11 is 0. The Morgan fingerprint density at radius 2 is 2.09 bits per heavy atom. The number of hydrogen-bond donors (Lipinski definition) is 2. The Bertz CT molecular complexity index is 643. The van der Waals surface area contributed by atoms with Crippen molar-refractivity contribution < 1.29 is 9.59 Å². The number of anilines is 1. The number of urea groups is 1. The summed E-state index contributed by atoms with van der Waals surface area (Å²) in [6.07, 6.45) is 2.50. The molecule has 0 bridgehead atoms. The minimum Gasteiger partial charge on any atom is -0.337 e. The number of nitrogens with two attached hydrogens (primary N) is 1. The van der Waals surface area contributed by atoms with Gasteiger partial charge in [0.1, 0.15) is 0 Å². The van der Waals surface area contributed by atoms with E-state index in [0.29, 0.717) is 37.0 Å². The van der Waals surface area contributed by atoms with Gasteiger partial charge in [0, 0.05) is 43.5 Å². The lowest BCUT2D eigenvalue weighted by Crippen LogP contribution is -2.33. The normalized spacial score (nSPS) is 27.4. The molecule has 6 heteroatoms. The van der Waals surface area contributed by atoms with Crippen LogP contribution in [0.1, 0.15) is 23.2 Å². The van der Waals surface area contributed by atoms with Gasteiger partial charge in [-0.25, -0.2) is 4.79 Å². The van der Waals surface area contributed by atoms with Crippen molar-refractivity contribution in [2.45, 2.75) is 18.9 Å². The van der Waals surface area contributed by atoms with Gasteiger partial charge in [0.2, 0.25) is 0 Å². The number of likely N-dealkylation sites (tertiary alicyclic amines) is 1. The van der Waals surface area contributed by atoms with Gasteiger partial charge in [-0.15, -0.1) is 0 Å². The second-order valence-electron chi connectivity index (χ2n) is 6.81. The van der Waals surface area contributed by atoms with Crippen LogP contribution in [0.2, 0.25) is 0 Å². The topological polar surface area (TPSA) is 78.7 Å². The molecule has 122 valence electrons. The Kier molecular flexibility index (Phi) is 3.49. The molecule has 2 heterocycles. The van der Waals surface area contributed by atoms with E-state index >= 15 is 0 Å². The lowest BCUT2D eigenvalue weighted by atomic mass is 9.99. The number of benzene rings is 1. The lowest BCUT2D eigenvalue weighted by Gasteiger charge is -2.19. The largest absolute Gasteiger partial charge is 0.337 e. The fourth-order valence-electron chi connectivity index (χ4n) is 3.75. The quantitative estimate of drug-likeness (QED) is 0.874. The number of rotatable bonds is 3. The number of hydrogen-bond acceptors (Lipinski definition) is 3. The predicted molar refractivity (Wildman–Crippen MR) is 87.3 cm³/mol. The van der Waals surface area contributed by atoms with Crippen LogP contribution in [0.15, 0.2) is 24.3 Å². The summed E-state index contributed by atoms with van der Waals surface area (Å²) in [7, 11) is 0. The van der Waals surface area contributed by atoms with Crippen molar-refractivity contribution >= 4 is 17.6 Å². The number of carbonyl (C=O) groups is 2. The van der Waals surface area contributed by atoms with Crippen molar-refractivity contribution in [3.05, 3.63) is 29.8 Å². The molecule has 4 rings (SSSR count). The molecule has 3 amide bonds. The van der Waals surface area contributed by atoms with Crippen molar-refractivity contribution in [3.63, 3.8) is 0 Å². The van der Waals surface area contributed by atoms with E-state index in [0.717, 1.165) is 12.2 Å². The highest BCUT2D eigenvalue weighted by atomic mass is 16.2. The second-order valence-corrected chi connectivity index (χ2v) is 6.81. The highest BCUT2D eigenvalue weighted by molar-refractivity contribution is 5.98. The van der Waals surface area contributed by atoms with Gasteiger partial charge in [-0.05, 0) is 42.9 Å². The van der Waals surface area contributed by atoms with Gasteiger partial charge in [0.05, 0.1) is 0 Å². The first kappa shape index (κ1) is 14.5. The first-order chi connectivity index (χ1) is 11.1. The van der Waals surface area contributed by atoms with E-state index in [1.807, 2.05) is 29.2 Å². The minimum atomic E-state index is -0.105. The molecule has 1 aromatic carbocycles. The van der Waals surface area contributed by atoms with Gasteiger partial charge in [-0.2, -0.15) is 0 Å². The van der Waals surface area contributed by atoms with E-state index in [2.05, 4.69) is 5.32 Å². The van der Waals surface area contributed by atoms with E-state index in [1.54, 1.807) is 4.90 Å². The highest BCUT2D eigenvalue weighted by Gasteiger charge is 2.42. The Labute approximate surface area is 135 Å². The summed E-state index contributed by atoms with van der Waals surface area (Å²) in [4.78, 5) is 28.1. The molecule has 1 saturated carbocycles. The lowest BCUT2D eigenvalue weighted by molar-refractivity contribution is 0.0785. The molecule has 6 nitrogen and oxygen atoms in total. The standard InChI is InChI=1S/C17H22N4O2/c18-15-10-20(9-14(15)11-4-5-11)16(22)12-2-1-3-13(8-12)21-7-6-19-17(21)23/h1-3,8,11,14-15H,4-7,9-10,18H2,(H,19,23)/t14-,15+/m1/s1. The molecule has 3 aliphatic rings. The molecular formula is C17H22N4O2. The molecule has 3 fully saturated rings. The average molecular weight is 314 g/mol. The van der Waals surface area contributed by atoms with Crippen molar-refractivity contribution in [1.82, 2.24) is 10.2 Å². The minimum absolute atomic E-state index is 0.0186. The molecule has 1 aliphatic carbocycles. The maximum absolute atomic E-state index is 12.8. The fraction of sp³-hybridized carbons (Fsp3) is 0.529. The molecule has 2 aliphatic heterocycles. The molecular weight excluding hydrogens is 292 g/mol. The van der Waals surface area contributed by atoms with Crippen molar-refractivity contribution in [3.8, 4) is 0 Å². The highest BCUT2D eigenvalue weighted by Crippen LogP contribution is 2.41. The molecule has 0 aromatic heterocycles. The van der Waals surface area contributed by atoms with Crippen LogP contribution in [0, 0.1) is 11.8 Å². The van der Waals surface area contributed by atoms with Gasteiger partial charge in [-0.1, -0.05) is 6.07 Å². The maximum atomic E-state index is 12.8. The summed E-state index contributed by atoms with van der Waals surface area (Å²) in [6, 6.07) is 7.32. The zero-order valence-corrected chi connectivity index (χ0v) is 13.1. The van der Waals surface area contributed by atoms with Gasteiger partial charge in [0.25, 0.3) is 5.91 Å². The molecule has 0 unspecified atom stereocenters. The zero-order chi connectivity index (χ0) is 16.0. The van der Waals surface area contributed by atoms with E-state index in [4.69, 9.17) is 5.73 Å². The Balaban J connectivity index is 1.51. The molecule has 2 atom stereocenters. The van der Waals surface area contributed by atoms with Crippen LogP contribution in [0.5, 0.6) is 0 Å². The summed E-state index contributed by atoms with van der Waals surface area (Å²) in [6.45, 7) is 2.67. The van der Waals surface area contributed by atoms with Crippen LogP contribution in [0.3, 0.4) is 0 Å². The molecule has 0 radical (unpaired) electrons. The molecule has 0 spiro atoms. The Hall–Kier alpha value is -2.08. The first-order valence-corrected chi connectivity index (χ1v) is 8.34. The second kappa shape index (κ2) is 5.53. The van der Waals surface area contributed by atoms with E-state index in [-0.39, 0.29) is 18.0 Å². The molecule has 23 heavy (non-hydrogen) atoms. The third kappa shape index (κ3) is 2.67. The van der Waals surface area contributed by atoms with Gasteiger partial charge < -0.3 is 16.0 Å². The average Bonchev–Trinajstić information content (AvgIpc) is 3.19. The van der Waals surface area contributed by atoms with Crippen LogP contribution in [0.25, 0.3) is 0 Å². The van der Waals surface area contributed by atoms with Gasteiger partial charge in [-0.3, -0.25) is 9.69 Å². The fourth-order valence-corrected chi connectivity index (χ4v) is 3.75. The third-order valence-electron chi connectivity index (χ3n) is 5.19. The number of nitrogens with zero attached hydrogens (tertiary/aromatic N) is 2. The van der Waals surface area contributed by atoms with Crippen molar-refractivity contribution in [2.24, 2.45) is 17.6 Å². The number of amides is 3. The Morgan fingerprint density at radius 3 is 2.78 bits per heavy atom. The molecule has 2 saturated heterocycles. The smallest absolute Gasteiger partial charge is 0.321 e. The van der Waals surface area contributed by atoms with Gasteiger partial charge >= 0.3 is 6.03 Å².